The number of rotatable bonds is 14. The van der Waals surface area contributed by atoms with Crippen LogP contribution in [0.1, 0.15) is 19.3 Å². The van der Waals surface area contributed by atoms with Crippen molar-refractivity contribution in [2.24, 2.45) is 40.3 Å². The average Bonchev–Trinajstić information content (AvgIpc) is 3.38. The van der Waals surface area contributed by atoms with E-state index < -0.39 is 147 Å². The van der Waals surface area contributed by atoms with Gasteiger partial charge in [0.1, 0.15) is 48.8 Å². The van der Waals surface area contributed by atoms with Gasteiger partial charge in [-0.15, -0.1) is 0 Å². The molecule has 20 nitrogen and oxygen atoms in total. The Morgan fingerprint density at radius 2 is 1.32 bits per heavy atom. The number of alkyl halides is 2. The standard InChI is InChI=1S/C28H52F2N6O14/c29-28(30,7-33)24(44)12(39)2-8-1-9(34)21(48-25-10(35)3-11(38)13(4-31)45-25)23(17(8)40)50-27-20(43)22(15(6-37)47-27)49-26-16(36)19(42)18(41)14(5-32)46-26/h8-11,13-27,37-38,40-44H,1-7,31-36H2/t8-,9-,10+,11-,13+,14-,15+,16+,17-,18+,19+,20+,21+,22+,23+,24+,25+,26+,27-/m0/s1. The summed E-state index contributed by atoms with van der Waals surface area (Å²) in [4.78, 5) is 12.7. The van der Waals surface area contributed by atoms with Crippen LogP contribution in [0.25, 0.3) is 0 Å². The van der Waals surface area contributed by atoms with Crippen molar-refractivity contribution in [1.29, 1.82) is 0 Å². The van der Waals surface area contributed by atoms with Gasteiger partial charge in [0.2, 0.25) is 0 Å². The minimum Gasteiger partial charge on any atom is -0.394 e. The number of hydrogen-bond acceptors (Lipinski definition) is 20. The van der Waals surface area contributed by atoms with Gasteiger partial charge < -0.3 is 98.6 Å². The Morgan fingerprint density at radius 1 is 0.740 bits per heavy atom. The van der Waals surface area contributed by atoms with Gasteiger partial charge in [0.25, 0.3) is 5.92 Å². The van der Waals surface area contributed by atoms with E-state index in [1.807, 2.05) is 0 Å². The number of hydrogen-bond donors (Lipinski definition) is 13. The van der Waals surface area contributed by atoms with Gasteiger partial charge >= 0.3 is 0 Å². The molecule has 22 heteroatoms. The van der Waals surface area contributed by atoms with Gasteiger partial charge in [-0.2, -0.15) is 0 Å². The molecular formula is C28H52F2N6O14. The monoisotopic (exact) mass is 734 g/mol. The molecule has 0 spiro atoms. The Labute approximate surface area is 285 Å². The fraction of sp³-hybridized carbons (Fsp3) is 0.964. The summed E-state index contributed by atoms with van der Waals surface area (Å²) in [5, 5.41) is 73.7. The van der Waals surface area contributed by atoms with Crippen molar-refractivity contribution in [2.45, 2.75) is 135 Å². The van der Waals surface area contributed by atoms with Crippen LogP contribution in [0.15, 0.2) is 0 Å². The highest BCUT2D eigenvalue weighted by Gasteiger charge is 2.55. The third-order valence-electron chi connectivity index (χ3n) is 9.74. The van der Waals surface area contributed by atoms with Crippen LogP contribution in [0.2, 0.25) is 0 Å². The second kappa shape index (κ2) is 17.3. The van der Waals surface area contributed by atoms with Crippen LogP contribution in [-0.4, -0.2) is 184 Å². The first-order valence-corrected chi connectivity index (χ1v) is 16.4. The van der Waals surface area contributed by atoms with Gasteiger partial charge in [-0.1, -0.05) is 0 Å². The van der Waals surface area contributed by atoms with Gasteiger partial charge in [-0.25, -0.2) is 8.78 Å². The van der Waals surface area contributed by atoms with Crippen molar-refractivity contribution in [1.82, 2.24) is 0 Å². The van der Waals surface area contributed by atoms with E-state index in [-0.39, 0.29) is 25.9 Å². The van der Waals surface area contributed by atoms with E-state index >= 15 is 0 Å². The van der Waals surface area contributed by atoms with Crippen LogP contribution >= 0.6 is 0 Å². The highest BCUT2D eigenvalue weighted by Crippen LogP contribution is 2.37. The molecule has 1 aliphatic carbocycles. The van der Waals surface area contributed by atoms with Crippen molar-refractivity contribution >= 4 is 5.78 Å². The maximum Gasteiger partial charge on any atom is 0.292 e. The zero-order valence-electron chi connectivity index (χ0n) is 27.1. The van der Waals surface area contributed by atoms with E-state index in [1.165, 1.54) is 0 Å². The number of carbonyl (C=O) groups is 1. The van der Waals surface area contributed by atoms with Crippen LogP contribution in [0, 0.1) is 5.92 Å². The maximum absolute atomic E-state index is 14.0. The molecule has 0 aromatic carbocycles. The smallest absolute Gasteiger partial charge is 0.292 e. The number of Topliss-reactive ketones (excluding diaryl/α,β-unsaturated/α-hetero) is 1. The van der Waals surface area contributed by atoms with Crippen molar-refractivity contribution in [3.8, 4) is 0 Å². The number of ketones is 1. The minimum absolute atomic E-state index is 0.0106. The molecular weight excluding hydrogens is 682 g/mol. The van der Waals surface area contributed by atoms with Crippen LogP contribution in [0.4, 0.5) is 8.78 Å². The third-order valence-corrected chi connectivity index (χ3v) is 9.74. The Morgan fingerprint density at radius 3 is 1.92 bits per heavy atom. The SMILES string of the molecule is NC[C@@H]1O[C@H](O[C@H]2[C@@H](O)[C@H](O[C@@H]3[C@@H](O)[C@H](CC(=O)[C@@H](O)C(F)(F)CN)C[C@H](N)[C@H]3O[C@H]3O[C@H](CN)[C@@H](O)C[C@H]3N)O[C@@H]2CO)[C@H](N)[C@@H](O)[C@@H]1O. The van der Waals surface area contributed by atoms with Crippen molar-refractivity contribution in [2.75, 3.05) is 26.2 Å². The molecule has 0 amide bonds. The highest BCUT2D eigenvalue weighted by atomic mass is 19.3. The fourth-order valence-corrected chi connectivity index (χ4v) is 6.71. The number of halogens is 2. The summed E-state index contributed by atoms with van der Waals surface area (Å²) in [6.07, 6.45) is -23.3. The third kappa shape index (κ3) is 8.76. The first kappa shape index (κ1) is 41.5. The summed E-state index contributed by atoms with van der Waals surface area (Å²) in [5.41, 5.74) is 34.9. The Bertz CT molecular complexity index is 1110. The predicted octanol–water partition coefficient (Wildman–Crippen LogP) is -7.66. The number of nitrogens with two attached hydrogens (primary N) is 6. The molecule has 4 rings (SSSR count). The molecule has 0 unspecified atom stereocenters. The second-order valence-electron chi connectivity index (χ2n) is 13.3. The lowest BCUT2D eigenvalue weighted by Gasteiger charge is -2.47. The van der Waals surface area contributed by atoms with Gasteiger partial charge in [-0.05, 0) is 18.8 Å². The molecule has 4 fully saturated rings. The van der Waals surface area contributed by atoms with E-state index in [9.17, 15) is 49.3 Å². The molecule has 0 aromatic heterocycles. The van der Waals surface area contributed by atoms with Gasteiger partial charge in [0.15, 0.2) is 30.8 Å². The molecule has 3 heterocycles. The van der Waals surface area contributed by atoms with Crippen LogP contribution < -0.4 is 34.4 Å². The molecule has 3 aliphatic heterocycles. The molecule has 3 saturated heterocycles. The molecule has 4 aliphatic rings. The molecule has 50 heavy (non-hydrogen) atoms. The topological polar surface area (TPSA) is 370 Å². The largest absolute Gasteiger partial charge is 0.394 e. The first-order valence-electron chi connectivity index (χ1n) is 16.4. The first-order chi connectivity index (χ1) is 23.5. The Balaban J connectivity index is 1.57. The van der Waals surface area contributed by atoms with Gasteiger partial charge in [0.05, 0.1) is 43.5 Å². The Kier molecular flexibility index (Phi) is 14.3. The van der Waals surface area contributed by atoms with E-state index in [4.69, 9.17) is 62.8 Å². The molecule has 19 atom stereocenters. The van der Waals surface area contributed by atoms with Crippen LogP contribution in [-0.2, 0) is 33.2 Å². The van der Waals surface area contributed by atoms with E-state index in [0.29, 0.717) is 0 Å². The van der Waals surface area contributed by atoms with Crippen LogP contribution in [0.5, 0.6) is 0 Å². The number of ether oxygens (including phenoxy) is 6. The lowest BCUT2D eigenvalue weighted by Crippen LogP contribution is -2.64. The summed E-state index contributed by atoms with van der Waals surface area (Å²) in [6, 6.07) is -3.35. The van der Waals surface area contributed by atoms with Crippen molar-refractivity contribution in [3.05, 3.63) is 0 Å². The average molecular weight is 735 g/mol. The second-order valence-corrected chi connectivity index (χ2v) is 13.3. The van der Waals surface area contributed by atoms with Crippen molar-refractivity contribution < 1.29 is 77.7 Å². The minimum atomic E-state index is -3.95. The molecule has 1 saturated carbocycles. The maximum atomic E-state index is 14.0. The van der Waals surface area contributed by atoms with E-state index in [0.717, 1.165) is 0 Å². The molecule has 19 N–H and O–H groups in total. The van der Waals surface area contributed by atoms with Gasteiger partial charge in [0, 0.05) is 25.6 Å². The summed E-state index contributed by atoms with van der Waals surface area (Å²) in [5.74, 6) is -6.47. The molecule has 0 radical (unpaired) electrons. The molecule has 292 valence electrons. The summed E-state index contributed by atoms with van der Waals surface area (Å²) >= 11 is 0. The summed E-state index contributed by atoms with van der Waals surface area (Å²) in [7, 11) is 0. The fourth-order valence-electron chi connectivity index (χ4n) is 6.71. The zero-order chi connectivity index (χ0) is 37.2. The zero-order valence-corrected chi connectivity index (χ0v) is 27.1. The number of aliphatic hydroxyl groups is 7. The lowest BCUT2D eigenvalue weighted by atomic mass is 9.76. The van der Waals surface area contributed by atoms with Gasteiger partial charge in [-0.3, -0.25) is 4.79 Å². The Hall–Kier alpha value is -1.23. The van der Waals surface area contributed by atoms with E-state index in [2.05, 4.69) is 0 Å². The predicted molar refractivity (Wildman–Crippen MR) is 162 cm³/mol. The highest BCUT2D eigenvalue weighted by molar-refractivity contribution is 5.84. The molecule has 0 aromatic rings. The lowest BCUT2D eigenvalue weighted by molar-refractivity contribution is -0.299. The van der Waals surface area contributed by atoms with Crippen molar-refractivity contribution in [3.63, 3.8) is 0 Å². The normalized spacial score (nSPS) is 46.5. The van der Waals surface area contributed by atoms with E-state index in [1.54, 1.807) is 0 Å². The summed E-state index contributed by atoms with van der Waals surface area (Å²) < 4.78 is 63.0. The number of aliphatic hydroxyl groups excluding tert-OH is 7. The van der Waals surface area contributed by atoms with Crippen LogP contribution in [0.3, 0.4) is 0 Å². The number of carbonyl (C=O) groups excluding carboxylic acids is 1. The quantitative estimate of drug-likeness (QED) is 0.0788. The molecule has 0 bridgehead atoms. The summed E-state index contributed by atoms with van der Waals surface area (Å²) in [6.45, 7) is -2.40.